The van der Waals surface area contributed by atoms with Crippen molar-refractivity contribution in [2.75, 3.05) is 11.9 Å². The molecule has 4 rings (SSSR count). The van der Waals surface area contributed by atoms with Crippen molar-refractivity contribution in [3.05, 3.63) is 89.4 Å². The van der Waals surface area contributed by atoms with Crippen molar-refractivity contribution in [1.29, 1.82) is 0 Å². The molecule has 1 amide bonds. The van der Waals surface area contributed by atoms with E-state index in [1.165, 1.54) is 16.8 Å². The van der Waals surface area contributed by atoms with Gasteiger partial charge in [0, 0.05) is 35.8 Å². The molecule has 180 valence electrons. The minimum absolute atomic E-state index is 0.0248. The highest BCUT2D eigenvalue weighted by Crippen LogP contribution is 2.34. The number of hydrogen-bond donors (Lipinski definition) is 2. The largest absolute Gasteiger partial charge is 0.416 e. The number of aryl methyl sites for hydroxylation is 2. The number of benzene rings is 2. The Hall–Kier alpha value is -4.05. The molecule has 0 saturated carbocycles. The molecule has 0 radical (unpaired) electrons. The van der Waals surface area contributed by atoms with E-state index >= 15 is 0 Å². The van der Waals surface area contributed by atoms with Crippen molar-refractivity contribution in [3.63, 3.8) is 0 Å². The Labute approximate surface area is 199 Å². The fourth-order valence-corrected chi connectivity index (χ4v) is 3.63. The lowest BCUT2D eigenvalue weighted by Crippen LogP contribution is -2.15. The summed E-state index contributed by atoms with van der Waals surface area (Å²) < 4.78 is 42.1. The van der Waals surface area contributed by atoms with Gasteiger partial charge in [0.2, 0.25) is 0 Å². The van der Waals surface area contributed by atoms with Gasteiger partial charge in [-0.05, 0) is 67.3 Å². The molecule has 0 aliphatic rings. The number of nitrogens with one attached hydrogen (secondary N) is 1. The zero-order chi connectivity index (χ0) is 25.0. The highest BCUT2D eigenvalue weighted by Gasteiger charge is 2.33. The molecule has 2 N–H and O–H groups in total. The number of nitrogens with zero attached hydrogens (tertiary/aromatic N) is 4. The number of hydrogen-bond acceptors (Lipinski definition) is 5. The Morgan fingerprint density at radius 1 is 1.14 bits per heavy atom. The summed E-state index contributed by atoms with van der Waals surface area (Å²) in [6, 6.07) is 12.2. The smallest absolute Gasteiger partial charge is 0.396 e. The highest BCUT2D eigenvalue weighted by molar-refractivity contribution is 6.04. The summed E-state index contributed by atoms with van der Waals surface area (Å²) in [5, 5.41) is 19.8. The lowest BCUT2D eigenvalue weighted by Gasteiger charge is -2.15. The molecule has 0 unspecified atom stereocenters. The topological polar surface area (TPSA) is 92.9 Å². The van der Waals surface area contributed by atoms with Crippen LogP contribution in [0.25, 0.3) is 16.9 Å². The van der Waals surface area contributed by atoms with Crippen LogP contribution in [0.2, 0.25) is 0 Å². The molecule has 0 saturated heterocycles. The molecule has 0 atom stereocenters. The molecule has 2 aromatic carbocycles. The summed E-state index contributed by atoms with van der Waals surface area (Å²) in [6.07, 6.45) is 0.741. The van der Waals surface area contributed by atoms with Crippen LogP contribution in [0.5, 0.6) is 0 Å². The second-order valence-corrected chi connectivity index (χ2v) is 7.94. The molecule has 2 heterocycles. The van der Waals surface area contributed by atoms with Gasteiger partial charge in [-0.2, -0.15) is 13.2 Å². The van der Waals surface area contributed by atoms with Crippen LogP contribution in [0.4, 0.5) is 18.9 Å². The van der Waals surface area contributed by atoms with Crippen LogP contribution in [0, 0.1) is 6.92 Å². The van der Waals surface area contributed by atoms with Crippen LogP contribution < -0.4 is 5.32 Å². The average molecular weight is 481 g/mol. The van der Waals surface area contributed by atoms with Crippen LogP contribution in [-0.2, 0) is 12.6 Å². The van der Waals surface area contributed by atoms with Crippen molar-refractivity contribution < 1.29 is 23.1 Å². The van der Waals surface area contributed by atoms with E-state index in [2.05, 4.69) is 20.6 Å². The van der Waals surface area contributed by atoms with E-state index in [0.29, 0.717) is 11.4 Å². The van der Waals surface area contributed by atoms with Gasteiger partial charge in [0.15, 0.2) is 0 Å². The fraction of sp³-hybridized carbons (Fsp3) is 0.200. The van der Waals surface area contributed by atoms with Crippen molar-refractivity contribution in [2.24, 2.45) is 0 Å². The first-order chi connectivity index (χ1) is 16.8. The minimum atomic E-state index is -4.58. The number of carbonyl (C=O) groups is 1. The van der Waals surface area contributed by atoms with Gasteiger partial charge in [0.1, 0.15) is 5.69 Å². The summed E-state index contributed by atoms with van der Waals surface area (Å²) in [7, 11) is 0. The number of carbonyl (C=O) groups excluding carboxylic acids is 1. The van der Waals surface area contributed by atoms with Gasteiger partial charge in [0.25, 0.3) is 5.91 Å². The van der Waals surface area contributed by atoms with E-state index in [1.54, 1.807) is 42.9 Å². The van der Waals surface area contributed by atoms with Gasteiger partial charge in [-0.3, -0.25) is 9.78 Å². The van der Waals surface area contributed by atoms with Crippen molar-refractivity contribution in [2.45, 2.75) is 25.9 Å². The fourth-order valence-electron chi connectivity index (χ4n) is 3.63. The maximum absolute atomic E-state index is 13.5. The normalized spacial score (nSPS) is 11.5. The zero-order valence-corrected chi connectivity index (χ0v) is 18.8. The number of aliphatic hydroxyl groups excluding tert-OH is 1. The predicted octanol–water partition coefficient (Wildman–Crippen LogP) is 4.83. The molecular formula is C25H22F3N5O2. The van der Waals surface area contributed by atoms with Crippen LogP contribution >= 0.6 is 0 Å². The van der Waals surface area contributed by atoms with Crippen LogP contribution in [-0.4, -0.2) is 37.6 Å². The predicted molar refractivity (Wildman–Crippen MR) is 124 cm³/mol. The first-order valence-electron chi connectivity index (χ1n) is 10.8. The third kappa shape index (κ3) is 5.55. The lowest BCUT2D eigenvalue weighted by atomic mass is 10.0. The molecular weight excluding hydrogens is 459 g/mol. The number of alkyl halides is 3. The highest BCUT2D eigenvalue weighted by atomic mass is 19.4. The summed E-state index contributed by atoms with van der Waals surface area (Å²) in [4.78, 5) is 16.9. The van der Waals surface area contributed by atoms with Crippen LogP contribution in [0.3, 0.4) is 0 Å². The SMILES string of the molecule is Cc1ccc(C(=O)Nc2ccc(CCCO)c(C(F)(F)F)c2)cc1-n1cc(-c2cccnc2)nn1. The molecule has 2 aromatic heterocycles. The van der Waals surface area contributed by atoms with E-state index < -0.39 is 17.6 Å². The summed E-state index contributed by atoms with van der Waals surface area (Å²) in [5.41, 5.74) is 2.34. The summed E-state index contributed by atoms with van der Waals surface area (Å²) in [6.45, 7) is 1.64. The number of aromatic nitrogens is 4. The van der Waals surface area contributed by atoms with E-state index in [4.69, 9.17) is 5.11 Å². The number of halogens is 3. The first kappa shape index (κ1) is 24.1. The number of aliphatic hydroxyl groups is 1. The van der Waals surface area contributed by atoms with Crippen molar-refractivity contribution >= 4 is 11.6 Å². The lowest BCUT2D eigenvalue weighted by molar-refractivity contribution is -0.138. The first-order valence-corrected chi connectivity index (χ1v) is 10.8. The Morgan fingerprint density at radius 3 is 2.69 bits per heavy atom. The van der Waals surface area contributed by atoms with Gasteiger partial charge < -0.3 is 10.4 Å². The van der Waals surface area contributed by atoms with Gasteiger partial charge >= 0.3 is 6.18 Å². The molecule has 0 bridgehead atoms. The number of amides is 1. The molecule has 7 nitrogen and oxygen atoms in total. The van der Waals surface area contributed by atoms with E-state index in [9.17, 15) is 18.0 Å². The van der Waals surface area contributed by atoms with Gasteiger partial charge in [-0.25, -0.2) is 4.68 Å². The summed E-state index contributed by atoms with van der Waals surface area (Å²) >= 11 is 0. The summed E-state index contributed by atoms with van der Waals surface area (Å²) in [5.74, 6) is -0.560. The average Bonchev–Trinajstić information content (AvgIpc) is 3.33. The Morgan fingerprint density at radius 2 is 1.97 bits per heavy atom. The number of anilines is 1. The van der Waals surface area contributed by atoms with Gasteiger partial charge in [-0.15, -0.1) is 5.10 Å². The van der Waals surface area contributed by atoms with Gasteiger partial charge in [-0.1, -0.05) is 17.3 Å². The second-order valence-electron chi connectivity index (χ2n) is 7.94. The Bertz CT molecular complexity index is 1340. The standard InChI is InChI=1S/C25H22F3N5O2/c1-16-6-7-18(12-23(16)33-15-22(31-32-33)19-4-2-10-29-14-19)24(35)30-20-9-8-17(5-3-11-34)21(13-20)25(26,27)28/h2,4,6-10,12-15,34H,3,5,11H2,1H3,(H,30,35). The molecule has 35 heavy (non-hydrogen) atoms. The van der Waals surface area contributed by atoms with E-state index in [-0.39, 0.29) is 36.3 Å². The van der Waals surface area contributed by atoms with Gasteiger partial charge in [0.05, 0.1) is 17.4 Å². The quantitative estimate of drug-likeness (QED) is 0.394. The Balaban J connectivity index is 1.59. The Kier molecular flexibility index (Phi) is 6.92. The molecule has 0 fully saturated rings. The molecule has 10 heteroatoms. The molecule has 0 aliphatic heterocycles. The zero-order valence-electron chi connectivity index (χ0n) is 18.8. The van der Waals surface area contributed by atoms with Crippen LogP contribution in [0.1, 0.15) is 33.5 Å². The third-order valence-electron chi connectivity index (χ3n) is 5.45. The maximum Gasteiger partial charge on any atom is 0.416 e. The van der Waals surface area contributed by atoms with Crippen LogP contribution in [0.15, 0.2) is 67.1 Å². The van der Waals surface area contributed by atoms with E-state index in [0.717, 1.165) is 17.2 Å². The van der Waals surface area contributed by atoms with Crippen molar-refractivity contribution in [3.8, 4) is 16.9 Å². The number of rotatable bonds is 7. The minimum Gasteiger partial charge on any atom is -0.396 e. The number of pyridine rings is 1. The maximum atomic E-state index is 13.5. The molecule has 4 aromatic rings. The van der Waals surface area contributed by atoms with Crippen molar-refractivity contribution in [1.82, 2.24) is 20.0 Å². The monoisotopic (exact) mass is 481 g/mol. The molecule has 0 spiro atoms. The van der Waals surface area contributed by atoms with E-state index in [1.807, 2.05) is 13.0 Å². The molecule has 0 aliphatic carbocycles. The third-order valence-corrected chi connectivity index (χ3v) is 5.45. The second kappa shape index (κ2) is 10.1.